The molecule has 5 nitrogen and oxygen atoms in total. The molecule has 1 aliphatic heterocycles. The van der Waals surface area contributed by atoms with Gasteiger partial charge in [0.05, 0.1) is 0 Å². The minimum atomic E-state index is -0.228. The molecule has 2 atom stereocenters. The van der Waals surface area contributed by atoms with Gasteiger partial charge in [-0.2, -0.15) is 0 Å². The number of hydrogen-bond acceptors (Lipinski definition) is 4. The highest BCUT2D eigenvalue weighted by atomic mass is 16.1. The molecular formula is C16H28N4O. The van der Waals surface area contributed by atoms with Gasteiger partial charge in [-0.25, -0.2) is 4.98 Å². The third-order valence-corrected chi connectivity index (χ3v) is 4.40. The fourth-order valence-corrected chi connectivity index (χ4v) is 3.06. The van der Waals surface area contributed by atoms with Crippen LogP contribution in [0.3, 0.4) is 0 Å². The highest BCUT2D eigenvalue weighted by Crippen LogP contribution is 2.23. The SMILES string of the molecule is CNC(C)C1CCCCN1c1nccn(C(C)(C)C)c1=O. The van der Waals surface area contributed by atoms with Crippen LogP contribution in [0, 0.1) is 0 Å². The van der Waals surface area contributed by atoms with Crippen LogP contribution < -0.4 is 15.8 Å². The number of likely N-dealkylation sites (N-methyl/N-ethyl adjacent to an activating group) is 1. The molecule has 1 aliphatic rings. The molecule has 1 aromatic rings. The molecule has 1 N–H and O–H groups in total. The molecule has 0 saturated carbocycles. The summed E-state index contributed by atoms with van der Waals surface area (Å²) in [6.07, 6.45) is 6.98. The van der Waals surface area contributed by atoms with E-state index in [0.29, 0.717) is 17.9 Å². The highest BCUT2D eigenvalue weighted by molar-refractivity contribution is 5.39. The van der Waals surface area contributed by atoms with Crippen molar-refractivity contribution in [3.05, 3.63) is 22.7 Å². The zero-order valence-electron chi connectivity index (χ0n) is 13.9. The summed E-state index contributed by atoms with van der Waals surface area (Å²) < 4.78 is 1.78. The number of anilines is 1. The summed E-state index contributed by atoms with van der Waals surface area (Å²) in [6.45, 7) is 9.22. The molecule has 0 aromatic carbocycles. The third kappa shape index (κ3) is 3.28. The van der Waals surface area contributed by atoms with Crippen molar-refractivity contribution >= 4 is 5.82 Å². The largest absolute Gasteiger partial charge is 0.347 e. The fraction of sp³-hybridized carbons (Fsp3) is 0.750. The molecule has 0 bridgehead atoms. The molecule has 2 unspecified atom stereocenters. The molecule has 118 valence electrons. The van der Waals surface area contributed by atoms with Crippen LogP contribution in [0.5, 0.6) is 0 Å². The Hall–Kier alpha value is -1.36. The second-order valence-electron chi connectivity index (χ2n) is 6.93. The molecule has 2 rings (SSSR count). The number of piperidine rings is 1. The van der Waals surface area contributed by atoms with Crippen LogP contribution in [0.15, 0.2) is 17.2 Å². The normalized spacial score (nSPS) is 21.4. The first-order chi connectivity index (χ1) is 9.86. The molecule has 0 spiro atoms. The van der Waals surface area contributed by atoms with E-state index in [4.69, 9.17) is 0 Å². The van der Waals surface area contributed by atoms with Crippen LogP contribution in [0.1, 0.15) is 47.0 Å². The van der Waals surface area contributed by atoms with Gasteiger partial charge in [0.1, 0.15) is 0 Å². The first-order valence-corrected chi connectivity index (χ1v) is 7.88. The molecule has 0 amide bonds. The minimum Gasteiger partial charge on any atom is -0.347 e. The van der Waals surface area contributed by atoms with E-state index in [0.717, 1.165) is 19.4 Å². The van der Waals surface area contributed by atoms with Gasteiger partial charge in [-0.15, -0.1) is 0 Å². The van der Waals surface area contributed by atoms with E-state index in [1.807, 2.05) is 27.8 Å². The Bertz CT molecular complexity index is 532. The Balaban J connectivity index is 2.42. The van der Waals surface area contributed by atoms with Gasteiger partial charge in [0.25, 0.3) is 5.56 Å². The number of nitrogens with zero attached hydrogens (tertiary/aromatic N) is 3. The Morgan fingerprint density at radius 2 is 2.10 bits per heavy atom. The molecule has 0 radical (unpaired) electrons. The molecule has 2 heterocycles. The van der Waals surface area contributed by atoms with Gasteiger partial charge in [-0.1, -0.05) is 0 Å². The van der Waals surface area contributed by atoms with Gasteiger partial charge in [0.2, 0.25) is 0 Å². The van der Waals surface area contributed by atoms with Crippen molar-refractivity contribution in [2.75, 3.05) is 18.5 Å². The first kappa shape index (κ1) is 16.0. The predicted octanol–water partition coefficient (Wildman–Crippen LogP) is 1.97. The third-order valence-electron chi connectivity index (χ3n) is 4.40. The van der Waals surface area contributed by atoms with Gasteiger partial charge < -0.3 is 14.8 Å². The lowest BCUT2D eigenvalue weighted by Gasteiger charge is -2.40. The lowest BCUT2D eigenvalue weighted by atomic mass is 9.96. The topological polar surface area (TPSA) is 50.2 Å². The minimum absolute atomic E-state index is 0.0141. The zero-order chi connectivity index (χ0) is 15.6. The van der Waals surface area contributed by atoms with Gasteiger partial charge in [0.15, 0.2) is 5.82 Å². The quantitative estimate of drug-likeness (QED) is 0.925. The summed E-state index contributed by atoms with van der Waals surface area (Å²) in [5.74, 6) is 0.597. The maximum absolute atomic E-state index is 12.8. The summed E-state index contributed by atoms with van der Waals surface area (Å²) >= 11 is 0. The van der Waals surface area contributed by atoms with Crippen LogP contribution in [-0.2, 0) is 5.54 Å². The van der Waals surface area contributed by atoms with E-state index in [2.05, 4.69) is 22.1 Å². The molecule has 21 heavy (non-hydrogen) atoms. The second kappa shape index (κ2) is 6.18. The monoisotopic (exact) mass is 292 g/mol. The Labute approximate surface area is 127 Å². The second-order valence-corrected chi connectivity index (χ2v) is 6.93. The van der Waals surface area contributed by atoms with Crippen LogP contribution in [0.4, 0.5) is 5.82 Å². The van der Waals surface area contributed by atoms with E-state index in [9.17, 15) is 4.79 Å². The number of hydrogen-bond donors (Lipinski definition) is 1. The molecular weight excluding hydrogens is 264 g/mol. The smallest absolute Gasteiger partial charge is 0.293 e. The molecule has 5 heteroatoms. The number of nitrogens with one attached hydrogen (secondary N) is 1. The average Bonchev–Trinajstić information content (AvgIpc) is 2.45. The van der Waals surface area contributed by atoms with E-state index in [-0.39, 0.29) is 11.1 Å². The summed E-state index contributed by atoms with van der Waals surface area (Å²) in [7, 11) is 1.98. The number of aromatic nitrogens is 2. The predicted molar refractivity (Wildman–Crippen MR) is 87.0 cm³/mol. The highest BCUT2D eigenvalue weighted by Gasteiger charge is 2.30. The van der Waals surface area contributed by atoms with Crippen molar-refractivity contribution < 1.29 is 0 Å². The van der Waals surface area contributed by atoms with Crippen LogP contribution in [0.25, 0.3) is 0 Å². The van der Waals surface area contributed by atoms with Crippen LogP contribution in [0.2, 0.25) is 0 Å². The Morgan fingerprint density at radius 1 is 1.38 bits per heavy atom. The van der Waals surface area contributed by atoms with E-state index < -0.39 is 0 Å². The summed E-state index contributed by atoms with van der Waals surface area (Å²) in [5.41, 5.74) is -0.213. The Kier molecular flexibility index (Phi) is 4.71. The van der Waals surface area contributed by atoms with Crippen LogP contribution in [-0.4, -0.2) is 35.2 Å². The van der Waals surface area contributed by atoms with Crippen LogP contribution >= 0.6 is 0 Å². The lowest BCUT2D eigenvalue weighted by Crippen LogP contribution is -2.53. The Morgan fingerprint density at radius 3 is 2.71 bits per heavy atom. The molecule has 1 aromatic heterocycles. The van der Waals surface area contributed by atoms with Crippen molar-refractivity contribution in [3.63, 3.8) is 0 Å². The maximum Gasteiger partial charge on any atom is 0.293 e. The van der Waals surface area contributed by atoms with Gasteiger partial charge >= 0.3 is 0 Å². The van der Waals surface area contributed by atoms with Crippen molar-refractivity contribution in [3.8, 4) is 0 Å². The first-order valence-electron chi connectivity index (χ1n) is 7.88. The molecule has 1 saturated heterocycles. The van der Waals surface area contributed by atoms with E-state index in [1.165, 1.54) is 6.42 Å². The summed E-state index contributed by atoms with van der Waals surface area (Å²) in [5, 5.41) is 3.32. The summed E-state index contributed by atoms with van der Waals surface area (Å²) in [4.78, 5) is 19.4. The van der Waals surface area contributed by atoms with Gasteiger partial charge in [0, 0.05) is 36.6 Å². The van der Waals surface area contributed by atoms with Gasteiger partial charge in [-0.3, -0.25) is 4.79 Å². The maximum atomic E-state index is 12.8. The van der Waals surface area contributed by atoms with Crippen molar-refractivity contribution in [1.29, 1.82) is 0 Å². The molecule has 1 fully saturated rings. The lowest BCUT2D eigenvalue weighted by molar-refractivity contribution is 0.365. The van der Waals surface area contributed by atoms with Crippen molar-refractivity contribution in [2.45, 2.75) is 64.6 Å². The van der Waals surface area contributed by atoms with Crippen molar-refractivity contribution in [1.82, 2.24) is 14.9 Å². The standard InChI is InChI=1S/C16H28N4O/c1-12(17-5)13-8-6-7-10-19(13)14-15(21)20(11-9-18-14)16(2,3)4/h9,11-13,17H,6-8,10H2,1-5H3. The van der Waals surface area contributed by atoms with Gasteiger partial charge in [-0.05, 0) is 54.0 Å². The molecule has 0 aliphatic carbocycles. The van der Waals surface area contributed by atoms with Crippen molar-refractivity contribution in [2.24, 2.45) is 0 Å². The average molecular weight is 292 g/mol. The van der Waals surface area contributed by atoms with E-state index in [1.54, 1.807) is 17.0 Å². The fourth-order valence-electron chi connectivity index (χ4n) is 3.06. The van der Waals surface area contributed by atoms with E-state index >= 15 is 0 Å². The zero-order valence-corrected chi connectivity index (χ0v) is 13.9. The summed E-state index contributed by atoms with van der Waals surface area (Å²) in [6, 6.07) is 0.676. The number of rotatable bonds is 3.